The van der Waals surface area contributed by atoms with Crippen LogP contribution in [0, 0.1) is 0 Å². The molecule has 0 saturated carbocycles. The van der Waals surface area contributed by atoms with Crippen molar-refractivity contribution in [3.8, 4) is 22.3 Å². The van der Waals surface area contributed by atoms with Crippen molar-refractivity contribution in [2.75, 3.05) is 10.6 Å². The predicted octanol–water partition coefficient (Wildman–Crippen LogP) is 6.09. The molecular formula is C26H20N6. The van der Waals surface area contributed by atoms with Gasteiger partial charge in [-0.15, -0.1) is 0 Å². The molecule has 0 unspecified atom stereocenters. The first-order valence-corrected chi connectivity index (χ1v) is 10.2. The number of aromatic nitrogens is 4. The van der Waals surface area contributed by atoms with E-state index in [1.807, 2.05) is 73.1 Å². The van der Waals surface area contributed by atoms with Crippen LogP contribution in [0.4, 0.5) is 23.3 Å². The molecule has 0 atom stereocenters. The van der Waals surface area contributed by atoms with Gasteiger partial charge in [0.1, 0.15) is 23.3 Å². The Kier molecular flexibility index (Phi) is 5.49. The van der Waals surface area contributed by atoms with E-state index in [-0.39, 0.29) is 0 Å². The minimum absolute atomic E-state index is 0.747. The predicted molar refractivity (Wildman–Crippen MR) is 128 cm³/mol. The molecule has 0 aliphatic carbocycles. The molecule has 0 bridgehead atoms. The molecule has 5 aromatic rings. The van der Waals surface area contributed by atoms with E-state index in [4.69, 9.17) is 0 Å². The maximum absolute atomic E-state index is 4.56. The van der Waals surface area contributed by atoms with Gasteiger partial charge in [-0.2, -0.15) is 0 Å². The highest BCUT2D eigenvalue weighted by Crippen LogP contribution is 2.32. The van der Waals surface area contributed by atoms with Crippen LogP contribution < -0.4 is 10.6 Å². The number of pyridine rings is 4. The van der Waals surface area contributed by atoms with E-state index in [2.05, 4.69) is 54.8 Å². The van der Waals surface area contributed by atoms with E-state index in [1.54, 1.807) is 12.4 Å². The molecule has 0 saturated heterocycles. The Hall–Kier alpha value is -4.58. The van der Waals surface area contributed by atoms with Crippen LogP contribution in [0.3, 0.4) is 0 Å². The standard InChI is InChI=1S/C26H20N6/c1-2-8-22(20-12-14-26(30-18-20)32-24-10-4-6-16-28-24)21(7-1)19-11-13-25(29-17-19)31-23-9-3-5-15-27-23/h1-18H,(H,27,29,31)(H,28,30,32). The summed E-state index contributed by atoms with van der Waals surface area (Å²) < 4.78 is 0. The second-order valence-corrected chi connectivity index (χ2v) is 7.09. The first-order chi connectivity index (χ1) is 15.8. The molecule has 2 N–H and O–H groups in total. The highest BCUT2D eigenvalue weighted by molar-refractivity contribution is 5.83. The van der Waals surface area contributed by atoms with E-state index in [0.717, 1.165) is 45.5 Å². The molecule has 0 aliphatic heterocycles. The third kappa shape index (κ3) is 4.44. The van der Waals surface area contributed by atoms with Crippen molar-refractivity contribution in [2.45, 2.75) is 0 Å². The number of benzene rings is 1. The summed E-state index contributed by atoms with van der Waals surface area (Å²) in [6.45, 7) is 0. The van der Waals surface area contributed by atoms with Crippen molar-refractivity contribution in [3.05, 3.63) is 110 Å². The molecule has 32 heavy (non-hydrogen) atoms. The monoisotopic (exact) mass is 416 g/mol. The van der Waals surface area contributed by atoms with E-state index in [9.17, 15) is 0 Å². The first kappa shape index (κ1) is 19.4. The van der Waals surface area contributed by atoms with Gasteiger partial charge in [0.2, 0.25) is 0 Å². The summed E-state index contributed by atoms with van der Waals surface area (Å²) in [6.07, 6.45) is 7.24. The van der Waals surface area contributed by atoms with E-state index in [1.165, 1.54) is 0 Å². The molecule has 1 aromatic carbocycles. The number of nitrogens with zero attached hydrogens (tertiary/aromatic N) is 4. The average Bonchev–Trinajstić information content (AvgIpc) is 2.86. The average molecular weight is 416 g/mol. The molecule has 0 radical (unpaired) electrons. The molecule has 4 heterocycles. The van der Waals surface area contributed by atoms with E-state index in [0.29, 0.717) is 0 Å². The van der Waals surface area contributed by atoms with Crippen LogP contribution in [0.2, 0.25) is 0 Å². The lowest BCUT2D eigenvalue weighted by molar-refractivity contribution is 1.25. The fourth-order valence-electron chi connectivity index (χ4n) is 3.38. The van der Waals surface area contributed by atoms with Gasteiger partial charge in [-0.25, -0.2) is 19.9 Å². The van der Waals surface area contributed by atoms with Crippen LogP contribution in [-0.4, -0.2) is 19.9 Å². The Morgan fingerprint density at radius 3 is 1.22 bits per heavy atom. The Morgan fingerprint density at radius 2 is 0.844 bits per heavy atom. The van der Waals surface area contributed by atoms with Gasteiger partial charge in [0.15, 0.2) is 0 Å². The highest BCUT2D eigenvalue weighted by atomic mass is 15.1. The minimum Gasteiger partial charge on any atom is -0.325 e. The maximum atomic E-state index is 4.56. The van der Waals surface area contributed by atoms with Crippen LogP contribution in [0.5, 0.6) is 0 Å². The number of nitrogens with one attached hydrogen (secondary N) is 2. The topological polar surface area (TPSA) is 75.6 Å². The van der Waals surface area contributed by atoms with Crippen molar-refractivity contribution >= 4 is 23.3 Å². The highest BCUT2D eigenvalue weighted by Gasteiger charge is 2.09. The first-order valence-electron chi connectivity index (χ1n) is 10.2. The second-order valence-electron chi connectivity index (χ2n) is 7.09. The quantitative estimate of drug-likeness (QED) is 0.349. The van der Waals surface area contributed by atoms with Crippen LogP contribution >= 0.6 is 0 Å². The summed E-state index contributed by atoms with van der Waals surface area (Å²) in [5.74, 6) is 3.02. The molecule has 5 rings (SSSR count). The van der Waals surface area contributed by atoms with Crippen LogP contribution in [0.15, 0.2) is 110 Å². The van der Waals surface area contributed by atoms with Crippen molar-refractivity contribution in [1.29, 1.82) is 0 Å². The Labute approximate surface area is 186 Å². The zero-order chi connectivity index (χ0) is 21.6. The zero-order valence-corrected chi connectivity index (χ0v) is 17.2. The summed E-state index contributed by atoms with van der Waals surface area (Å²) in [6, 6.07) is 27.7. The molecule has 0 amide bonds. The van der Waals surface area contributed by atoms with Crippen LogP contribution in [-0.2, 0) is 0 Å². The van der Waals surface area contributed by atoms with Gasteiger partial charge in [0.05, 0.1) is 0 Å². The van der Waals surface area contributed by atoms with Crippen molar-refractivity contribution in [3.63, 3.8) is 0 Å². The molecule has 4 aromatic heterocycles. The zero-order valence-electron chi connectivity index (χ0n) is 17.2. The summed E-state index contributed by atoms with van der Waals surface area (Å²) in [5, 5.41) is 6.42. The fourth-order valence-corrected chi connectivity index (χ4v) is 3.38. The number of anilines is 4. The van der Waals surface area contributed by atoms with E-state index >= 15 is 0 Å². The lowest BCUT2D eigenvalue weighted by atomic mass is 9.96. The largest absolute Gasteiger partial charge is 0.325 e. The third-order valence-electron chi connectivity index (χ3n) is 4.92. The van der Waals surface area contributed by atoms with E-state index < -0.39 is 0 Å². The Balaban J connectivity index is 1.38. The number of hydrogen-bond donors (Lipinski definition) is 2. The second kappa shape index (κ2) is 9.06. The Morgan fingerprint density at radius 1 is 0.406 bits per heavy atom. The van der Waals surface area contributed by atoms with Gasteiger partial charge in [-0.05, 0) is 59.7 Å². The third-order valence-corrected chi connectivity index (χ3v) is 4.92. The van der Waals surface area contributed by atoms with Gasteiger partial charge < -0.3 is 10.6 Å². The molecule has 6 nitrogen and oxygen atoms in total. The molecule has 6 heteroatoms. The van der Waals surface area contributed by atoms with Gasteiger partial charge in [-0.1, -0.05) is 36.4 Å². The lowest BCUT2D eigenvalue weighted by Gasteiger charge is -2.11. The number of rotatable bonds is 6. The number of hydrogen-bond acceptors (Lipinski definition) is 6. The van der Waals surface area contributed by atoms with Gasteiger partial charge in [0.25, 0.3) is 0 Å². The summed E-state index contributed by atoms with van der Waals surface area (Å²) in [5.41, 5.74) is 4.25. The van der Waals surface area contributed by atoms with Crippen molar-refractivity contribution < 1.29 is 0 Å². The van der Waals surface area contributed by atoms with Crippen molar-refractivity contribution in [2.24, 2.45) is 0 Å². The lowest BCUT2D eigenvalue weighted by Crippen LogP contribution is -1.96. The SMILES string of the molecule is c1ccc(Nc2ccc(-c3ccccc3-c3ccc(Nc4ccccn4)nc3)cn2)nc1. The molecular weight excluding hydrogens is 396 g/mol. The fraction of sp³-hybridized carbons (Fsp3) is 0. The molecule has 154 valence electrons. The minimum atomic E-state index is 0.747. The normalized spacial score (nSPS) is 10.5. The molecule has 0 aliphatic rings. The van der Waals surface area contributed by atoms with Gasteiger partial charge in [-0.3, -0.25) is 0 Å². The summed E-state index contributed by atoms with van der Waals surface area (Å²) in [7, 11) is 0. The maximum Gasteiger partial charge on any atom is 0.131 e. The van der Waals surface area contributed by atoms with Crippen molar-refractivity contribution in [1.82, 2.24) is 19.9 Å². The smallest absolute Gasteiger partial charge is 0.131 e. The van der Waals surface area contributed by atoms with Crippen LogP contribution in [0.25, 0.3) is 22.3 Å². The van der Waals surface area contributed by atoms with Crippen LogP contribution in [0.1, 0.15) is 0 Å². The molecule has 0 spiro atoms. The van der Waals surface area contributed by atoms with Gasteiger partial charge >= 0.3 is 0 Å². The molecule has 0 fully saturated rings. The summed E-state index contributed by atoms with van der Waals surface area (Å²) >= 11 is 0. The summed E-state index contributed by atoms with van der Waals surface area (Å²) in [4.78, 5) is 17.7. The Bertz CT molecular complexity index is 1180. The van der Waals surface area contributed by atoms with Gasteiger partial charge in [0, 0.05) is 35.9 Å².